The van der Waals surface area contributed by atoms with Gasteiger partial charge in [0, 0.05) is 12.1 Å². The third-order valence-corrected chi connectivity index (χ3v) is 5.42. The highest BCUT2D eigenvalue weighted by Gasteiger charge is 2.27. The van der Waals surface area contributed by atoms with Gasteiger partial charge in [0.05, 0.1) is 23.3 Å². The molecule has 1 aromatic heterocycles. The molecule has 28 heavy (non-hydrogen) atoms. The summed E-state index contributed by atoms with van der Waals surface area (Å²) in [5.41, 5.74) is 0.197. The number of hydrogen-bond acceptors (Lipinski definition) is 6. The molecule has 0 aliphatic carbocycles. The molecule has 152 valence electrons. The van der Waals surface area contributed by atoms with E-state index in [0.717, 1.165) is 0 Å². The molecule has 0 fully saturated rings. The minimum absolute atomic E-state index is 0.0398. The SMILES string of the molecule is COC(=O)Cn1c(SC(C)C(=O)N(C(C)C)C(C)C)nc2ccccc2c1=O. The van der Waals surface area contributed by atoms with E-state index in [-0.39, 0.29) is 30.1 Å². The van der Waals surface area contributed by atoms with Crippen LogP contribution < -0.4 is 5.56 Å². The lowest BCUT2D eigenvalue weighted by molar-refractivity contribution is -0.141. The van der Waals surface area contributed by atoms with Crippen LogP contribution in [0.2, 0.25) is 0 Å². The van der Waals surface area contributed by atoms with Gasteiger partial charge in [0.1, 0.15) is 6.54 Å². The number of amides is 1. The zero-order chi connectivity index (χ0) is 21.0. The fourth-order valence-corrected chi connectivity index (χ4v) is 4.06. The Morgan fingerprint density at radius 2 is 1.75 bits per heavy atom. The summed E-state index contributed by atoms with van der Waals surface area (Å²) < 4.78 is 5.99. The number of nitrogens with zero attached hydrogens (tertiary/aromatic N) is 3. The van der Waals surface area contributed by atoms with Crippen molar-refractivity contribution in [2.24, 2.45) is 0 Å². The predicted molar refractivity (Wildman–Crippen MR) is 110 cm³/mol. The standard InChI is InChI=1S/C20H27N3O4S/c1-12(2)23(13(3)4)18(25)14(5)28-20-21-16-10-8-7-9-15(16)19(26)22(20)11-17(24)27-6/h7-10,12-14H,11H2,1-6H3. The van der Waals surface area contributed by atoms with Crippen molar-refractivity contribution in [2.45, 2.75) is 63.7 Å². The fourth-order valence-electron chi connectivity index (χ4n) is 3.09. The van der Waals surface area contributed by atoms with E-state index in [2.05, 4.69) is 4.98 Å². The normalized spacial score (nSPS) is 12.4. The summed E-state index contributed by atoms with van der Waals surface area (Å²) >= 11 is 1.18. The molecular formula is C20H27N3O4S. The van der Waals surface area contributed by atoms with Gasteiger partial charge in [0.25, 0.3) is 5.56 Å². The lowest BCUT2D eigenvalue weighted by Gasteiger charge is -2.33. The molecule has 2 aromatic rings. The Morgan fingerprint density at radius 3 is 2.32 bits per heavy atom. The van der Waals surface area contributed by atoms with Crippen LogP contribution >= 0.6 is 11.8 Å². The maximum Gasteiger partial charge on any atom is 0.325 e. The number of thioether (sulfide) groups is 1. The minimum atomic E-state index is -0.550. The highest BCUT2D eigenvalue weighted by atomic mass is 32.2. The van der Waals surface area contributed by atoms with Crippen molar-refractivity contribution in [3.63, 3.8) is 0 Å². The first-order chi connectivity index (χ1) is 13.2. The van der Waals surface area contributed by atoms with E-state index in [1.54, 1.807) is 31.2 Å². The lowest BCUT2D eigenvalue weighted by atomic mass is 10.2. The van der Waals surface area contributed by atoms with Crippen LogP contribution in [0.25, 0.3) is 10.9 Å². The van der Waals surface area contributed by atoms with Crippen LogP contribution in [-0.2, 0) is 20.9 Å². The van der Waals surface area contributed by atoms with Gasteiger partial charge in [-0.2, -0.15) is 0 Å². The van der Waals surface area contributed by atoms with Crippen LogP contribution in [0.5, 0.6) is 0 Å². The Morgan fingerprint density at radius 1 is 1.14 bits per heavy atom. The number of para-hydroxylation sites is 1. The molecule has 1 heterocycles. The highest BCUT2D eigenvalue weighted by Crippen LogP contribution is 2.25. The molecule has 0 saturated heterocycles. The maximum absolute atomic E-state index is 13.0. The summed E-state index contributed by atoms with van der Waals surface area (Å²) in [7, 11) is 1.27. The van der Waals surface area contributed by atoms with E-state index >= 15 is 0 Å². The number of benzene rings is 1. The average molecular weight is 406 g/mol. The predicted octanol–water partition coefficient (Wildman–Crippen LogP) is 2.70. The van der Waals surface area contributed by atoms with Crippen molar-refractivity contribution < 1.29 is 14.3 Å². The first-order valence-corrected chi connectivity index (χ1v) is 10.1. The fraction of sp³-hybridized carbons (Fsp3) is 0.500. The second-order valence-corrected chi connectivity index (χ2v) is 8.38. The zero-order valence-corrected chi connectivity index (χ0v) is 17.9. The second kappa shape index (κ2) is 9.23. The number of ether oxygens (including phenoxy) is 1. The van der Waals surface area contributed by atoms with Crippen LogP contribution in [0.4, 0.5) is 0 Å². The molecule has 0 saturated carbocycles. The largest absolute Gasteiger partial charge is 0.468 e. The first-order valence-electron chi connectivity index (χ1n) is 9.22. The Bertz CT molecular complexity index is 915. The van der Waals surface area contributed by atoms with Gasteiger partial charge in [-0.05, 0) is 46.8 Å². The van der Waals surface area contributed by atoms with E-state index in [4.69, 9.17) is 4.74 Å². The summed E-state index contributed by atoms with van der Waals surface area (Å²) in [6, 6.07) is 7.05. The molecule has 2 rings (SSSR count). The van der Waals surface area contributed by atoms with E-state index in [9.17, 15) is 14.4 Å². The number of esters is 1. The third-order valence-electron chi connectivity index (χ3n) is 4.34. The lowest BCUT2D eigenvalue weighted by Crippen LogP contribution is -2.45. The van der Waals surface area contributed by atoms with Crippen LogP contribution in [0.3, 0.4) is 0 Å². The minimum Gasteiger partial charge on any atom is -0.468 e. The van der Waals surface area contributed by atoms with Crippen molar-refractivity contribution >= 4 is 34.5 Å². The molecule has 0 aliphatic heterocycles. The summed E-state index contributed by atoms with van der Waals surface area (Å²) in [6.45, 7) is 9.41. The Balaban J connectivity index is 2.47. The average Bonchev–Trinajstić information content (AvgIpc) is 2.63. The number of carbonyl (C=O) groups excluding carboxylic acids is 2. The van der Waals surface area contributed by atoms with Crippen LogP contribution in [0.15, 0.2) is 34.2 Å². The summed E-state index contributed by atoms with van der Waals surface area (Å²) in [5, 5.41) is 0.268. The molecule has 1 amide bonds. The molecule has 0 bridgehead atoms. The molecule has 0 radical (unpaired) electrons. The van der Waals surface area contributed by atoms with Gasteiger partial charge in [-0.3, -0.25) is 19.0 Å². The van der Waals surface area contributed by atoms with Crippen LogP contribution in [-0.4, -0.2) is 50.8 Å². The Hall–Kier alpha value is -2.35. The van der Waals surface area contributed by atoms with Gasteiger partial charge in [-0.25, -0.2) is 4.98 Å². The topological polar surface area (TPSA) is 81.5 Å². The van der Waals surface area contributed by atoms with E-state index in [1.165, 1.54) is 23.4 Å². The molecular weight excluding hydrogens is 378 g/mol. The molecule has 1 aromatic carbocycles. The number of aromatic nitrogens is 2. The Labute approximate surface area is 169 Å². The van der Waals surface area contributed by atoms with Gasteiger partial charge in [0.15, 0.2) is 5.16 Å². The third kappa shape index (κ3) is 4.73. The molecule has 0 N–H and O–H groups in total. The first kappa shape index (κ1) is 21.9. The quantitative estimate of drug-likeness (QED) is 0.400. The van der Waals surface area contributed by atoms with E-state index in [1.807, 2.05) is 32.6 Å². The number of hydrogen-bond donors (Lipinski definition) is 0. The summed E-state index contributed by atoms with van der Waals surface area (Å²) in [4.78, 5) is 44.1. The van der Waals surface area contributed by atoms with Gasteiger partial charge in [-0.15, -0.1) is 0 Å². The molecule has 0 spiro atoms. The smallest absolute Gasteiger partial charge is 0.325 e. The zero-order valence-electron chi connectivity index (χ0n) is 17.1. The van der Waals surface area contributed by atoms with Crippen molar-refractivity contribution in [2.75, 3.05) is 7.11 Å². The van der Waals surface area contributed by atoms with Gasteiger partial charge in [-0.1, -0.05) is 23.9 Å². The second-order valence-electron chi connectivity index (χ2n) is 7.07. The molecule has 0 aliphatic rings. The van der Waals surface area contributed by atoms with Crippen molar-refractivity contribution in [1.82, 2.24) is 14.5 Å². The van der Waals surface area contributed by atoms with Crippen LogP contribution in [0, 0.1) is 0 Å². The van der Waals surface area contributed by atoms with E-state index < -0.39 is 11.2 Å². The van der Waals surface area contributed by atoms with Gasteiger partial charge in [0.2, 0.25) is 5.91 Å². The van der Waals surface area contributed by atoms with E-state index in [0.29, 0.717) is 16.1 Å². The van der Waals surface area contributed by atoms with Crippen molar-refractivity contribution in [3.8, 4) is 0 Å². The molecule has 1 atom stereocenters. The van der Waals surface area contributed by atoms with Gasteiger partial charge >= 0.3 is 5.97 Å². The number of carbonyl (C=O) groups is 2. The Kier molecular flexibility index (Phi) is 7.23. The molecule has 8 heteroatoms. The van der Waals surface area contributed by atoms with Crippen LogP contribution in [0.1, 0.15) is 34.6 Å². The van der Waals surface area contributed by atoms with Crippen molar-refractivity contribution in [3.05, 3.63) is 34.6 Å². The summed E-state index contributed by atoms with van der Waals surface area (Å²) in [5.74, 6) is -0.590. The summed E-state index contributed by atoms with van der Waals surface area (Å²) in [6.07, 6.45) is 0. The van der Waals surface area contributed by atoms with Gasteiger partial charge < -0.3 is 9.64 Å². The maximum atomic E-state index is 13.0. The molecule has 7 nitrogen and oxygen atoms in total. The number of methoxy groups -OCH3 is 1. The monoisotopic (exact) mass is 405 g/mol. The molecule has 1 unspecified atom stereocenters. The van der Waals surface area contributed by atoms with Crippen molar-refractivity contribution in [1.29, 1.82) is 0 Å². The highest BCUT2D eigenvalue weighted by molar-refractivity contribution is 8.00. The number of fused-ring (bicyclic) bond motifs is 1. The number of rotatable bonds is 7.